The van der Waals surface area contributed by atoms with Gasteiger partial charge in [0.05, 0.1) is 12.1 Å². The van der Waals surface area contributed by atoms with Crippen LogP contribution < -0.4 is 5.32 Å². The molecule has 2 rings (SSSR count). The first kappa shape index (κ1) is 14.6. The fourth-order valence-electron chi connectivity index (χ4n) is 1.73. The molecule has 0 fully saturated rings. The lowest BCUT2D eigenvalue weighted by atomic mass is 10.1. The Morgan fingerprint density at radius 3 is 2.55 bits per heavy atom. The summed E-state index contributed by atoms with van der Waals surface area (Å²) in [4.78, 5) is 15.9. The second kappa shape index (κ2) is 6.11. The number of anilines is 1. The third-order valence-electron chi connectivity index (χ3n) is 2.71. The molecule has 2 aromatic rings. The normalized spacial score (nSPS) is 10.3. The van der Waals surface area contributed by atoms with Gasteiger partial charge in [-0.3, -0.25) is 4.79 Å². The lowest BCUT2D eigenvalue weighted by molar-refractivity contribution is -0.115. The molecule has 1 amide bonds. The highest BCUT2D eigenvalue weighted by molar-refractivity contribution is 6.34. The molecule has 0 saturated heterocycles. The van der Waals surface area contributed by atoms with Crippen LogP contribution in [0.1, 0.15) is 11.1 Å². The Bertz CT molecular complexity index is 619. The van der Waals surface area contributed by atoms with Crippen molar-refractivity contribution in [2.75, 3.05) is 5.32 Å². The van der Waals surface area contributed by atoms with Crippen LogP contribution in [-0.4, -0.2) is 16.0 Å². The number of aromatic nitrogens is 1. The first-order valence-electron chi connectivity index (χ1n) is 5.86. The van der Waals surface area contributed by atoms with E-state index in [-0.39, 0.29) is 28.4 Å². The molecule has 1 aromatic carbocycles. The molecule has 20 heavy (non-hydrogen) atoms. The van der Waals surface area contributed by atoms with Crippen LogP contribution in [0.4, 0.5) is 5.69 Å². The van der Waals surface area contributed by atoms with Gasteiger partial charge in [-0.05, 0) is 36.2 Å². The molecule has 0 unspecified atom stereocenters. The van der Waals surface area contributed by atoms with Gasteiger partial charge in [0, 0.05) is 0 Å². The zero-order chi connectivity index (χ0) is 14.7. The van der Waals surface area contributed by atoms with E-state index in [9.17, 15) is 9.90 Å². The molecule has 2 N–H and O–H groups in total. The number of benzene rings is 1. The van der Waals surface area contributed by atoms with Gasteiger partial charge in [-0.1, -0.05) is 35.3 Å². The summed E-state index contributed by atoms with van der Waals surface area (Å²) in [6.45, 7) is 1.79. The minimum Gasteiger partial charge on any atom is -0.508 e. The Labute approximate surface area is 126 Å². The Morgan fingerprint density at radius 2 is 1.95 bits per heavy atom. The predicted octanol–water partition coefficient (Wildman–Crippen LogP) is 3.58. The summed E-state index contributed by atoms with van der Waals surface area (Å²) in [5.41, 5.74) is 1.99. The van der Waals surface area contributed by atoms with Gasteiger partial charge in [-0.25, -0.2) is 4.98 Å². The molecular weight excluding hydrogens is 299 g/mol. The Morgan fingerprint density at radius 1 is 1.30 bits per heavy atom. The number of rotatable bonds is 3. The Hall–Kier alpha value is -1.78. The maximum Gasteiger partial charge on any atom is 0.228 e. The van der Waals surface area contributed by atoms with E-state index in [4.69, 9.17) is 23.2 Å². The molecule has 0 radical (unpaired) electrons. The number of carbonyl (C=O) groups excluding carboxylic acids is 1. The van der Waals surface area contributed by atoms with E-state index in [2.05, 4.69) is 10.3 Å². The maximum absolute atomic E-state index is 12.0. The van der Waals surface area contributed by atoms with Crippen molar-refractivity contribution >= 4 is 34.8 Å². The summed E-state index contributed by atoms with van der Waals surface area (Å²) in [5.74, 6) is -0.0558. The van der Waals surface area contributed by atoms with E-state index in [0.29, 0.717) is 5.69 Å². The number of hydrogen-bond donors (Lipinski definition) is 2. The summed E-state index contributed by atoms with van der Waals surface area (Å²) in [5, 5.41) is 12.3. The van der Waals surface area contributed by atoms with Crippen LogP contribution in [0.5, 0.6) is 5.75 Å². The molecule has 0 aliphatic rings. The van der Waals surface area contributed by atoms with Gasteiger partial charge >= 0.3 is 0 Å². The van der Waals surface area contributed by atoms with Crippen LogP contribution >= 0.6 is 23.2 Å². The molecule has 0 aliphatic heterocycles. The lowest BCUT2D eigenvalue weighted by Crippen LogP contribution is -2.15. The van der Waals surface area contributed by atoms with Crippen molar-refractivity contribution in [3.05, 3.63) is 51.8 Å². The number of carbonyl (C=O) groups is 1. The minimum absolute atomic E-state index is 0.161. The second-order valence-electron chi connectivity index (χ2n) is 4.32. The Kier molecular flexibility index (Phi) is 4.47. The first-order chi connectivity index (χ1) is 9.45. The highest BCUT2D eigenvalue weighted by Crippen LogP contribution is 2.26. The van der Waals surface area contributed by atoms with Crippen LogP contribution in [0.15, 0.2) is 30.3 Å². The van der Waals surface area contributed by atoms with Gasteiger partial charge in [-0.15, -0.1) is 0 Å². The second-order valence-corrected chi connectivity index (χ2v) is 5.06. The summed E-state index contributed by atoms with van der Waals surface area (Å²) in [7, 11) is 0. The third kappa shape index (κ3) is 3.62. The van der Waals surface area contributed by atoms with E-state index in [0.717, 1.165) is 11.1 Å². The van der Waals surface area contributed by atoms with Crippen molar-refractivity contribution in [1.82, 2.24) is 4.98 Å². The topological polar surface area (TPSA) is 62.2 Å². The molecule has 0 bridgehead atoms. The average molecular weight is 311 g/mol. The number of halogens is 2. The van der Waals surface area contributed by atoms with E-state index >= 15 is 0 Å². The van der Waals surface area contributed by atoms with Crippen molar-refractivity contribution < 1.29 is 9.90 Å². The molecular formula is C14H12Cl2N2O2. The number of amides is 1. The highest BCUT2D eigenvalue weighted by atomic mass is 35.5. The largest absolute Gasteiger partial charge is 0.508 e. The number of phenolic OH excluding ortho intramolecular Hbond substituents is 1. The Balaban J connectivity index is 2.10. The molecule has 4 nitrogen and oxygen atoms in total. The van der Waals surface area contributed by atoms with E-state index in [1.165, 1.54) is 12.1 Å². The number of phenols is 1. The molecule has 0 spiro atoms. The molecule has 0 atom stereocenters. The standard InChI is InChI=1S/C14H12Cl2N2O2/c1-8-6-11(15)17-14(16)13(8)18-12(20)7-9-2-4-10(19)5-3-9/h2-6,19H,7H2,1H3,(H,18,20). The number of hydrogen-bond acceptors (Lipinski definition) is 3. The zero-order valence-electron chi connectivity index (χ0n) is 10.7. The van der Waals surface area contributed by atoms with Crippen molar-refractivity contribution in [3.8, 4) is 5.75 Å². The number of pyridine rings is 1. The fourth-order valence-corrected chi connectivity index (χ4v) is 2.31. The molecule has 1 aromatic heterocycles. The van der Waals surface area contributed by atoms with E-state index in [1.807, 2.05) is 0 Å². The van der Waals surface area contributed by atoms with Crippen molar-refractivity contribution in [2.24, 2.45) is 0 Å². The number of nitrogens with one attached hydrogen (secondary N) is 1. The van der Waals surface area contributed by atoms with Crippen molar-refractivity contribution in [2.45, 2.75) is 13.3 Å². The summed E-state index contributed by atoms with van der Waals surface area (Å²) >= 11 is 11.7. The highest BCUT2D eigenvalue weighted by Gasteiger charge is 2.11. The van der Waals surface area contributed by atoms with Crippen molar-refractivity contribution in [3.63, 3.8) is 0 Å². The summed E-state index contributed by atoms with van der Waals surface area (Å²) < 4.78 is 0. The number of nitrogens with zero attached hydrogens (tertiary/aromatic N) is 1. The van der Waals surface area contributed by atoms with Gasteiger partial charge in [0.2, 0.25) is 5.91 Å². The summed E-state index contributed by atoms with van der Waals surface area (Å²) in [6, 6.07) is 8.06. The zero-order valence-corrected chi connectivity index (χ0v) is 12.2. The molecule has 1 heterocycles. The number of aromatic hydroxyl groups is 1. The minimum atomic E-state index is -0.218. The predicted molar refractivity (Wildman–Crippen MR) is 79.4 cm³/mol. The summed E-state index contributed by atoms with van der Waals surface area (Å²) in [6.07, 6.45) is 0.179. The SMILES string of the molecule is Cc1cc(Cl)nc(Cl)c1NC(=O)Cc1ccc(O)cc1. The quantitative estimate of drug-likeness (QED) is 0.852. The van der Waals surface area contributed by atoms with E-state index in [1.54, 1.807) is 25.1 Å². The molecule has 6 heteroatoms. The van der Waals surface area contributed by atoms with E-state index < -0.39 is 0 Å². The maximum atomic E-state index is 12.0. The van der Waals surface area contributed by atoms with Crippen LogP contribution in [0.25, 0.3) is 0 Å². The molecule has 0 saturated carbocycles. The van der Waals surface area contributed by atoms with Gasteiger partial charge in [-0.2, -0.15) is 0 Å². The van der Waals surface area contributed by atoms with Gasteiger partial charge < -0.3 is 10.4 Å². The van der Waals surface area contributed by atoms with Crippen LogP contribution in [0, 0.1) is 6.92 Å². The monoisotopic (exact) mass is 310 g/mol. The van der Waals surface area contributed by atoms with Gasteiger partial charge in [0.1, 0.15) is 10.9 Å². The third-order valence-corrected chi connectivity index (χ3v) is 3.17. The lowest BCUT2D eigenvalue weighted by Gasteiger charge is -2.10. The van der Waals surface area contributed by atoms with Crippen LogP contribution in [0.3, 0.4) is 0 Å². The molecule has 104 valence electrons. The molecule has 0 aliphatic carbocycles. The average Bonchev–Trinajstić information content (AvgIpc) is 2.36. The number of aryl methyl sites for hydroxylation is 1. The fraction of sp³-hybridized carbons (Fsp3) is 0.143. The van der Waals surface area contributed by atoms with Gasteiger partial charge in [0.25, 0.3) is 0 Å². The smallest absolute Gasteiger partial charge is 0.228 e. The van der Waals surface area contributed by atoms with Crippen molar-refractivity contribution in [1.29, 1.82) is 0 Å². The first-order valence-corrected chi connectivity index (χ1v) is 6.61. The van der Waals surface area contributed by atoms with Crippen LogP contribution in [-0.2, 0) is 11.2 Å². The van der Waals surface area contributed by atoms with Crippen LogP contribution in [0.2, 0.25) is 10.3 Å². The van der Waals surface area contributed by atoms with Gasteiger partial charge in [0.15, 0.2) is 5.15 Å².